The molecule has 4 rings (SSSR count). The molecule has 2 aromatic heterocycles. The molecule has 3 aromatic rings. The highest BCUT2D eigenvalue weighted by atomic mass is 32.2. The summed E-state index contributed by atoms with van der Waals surface area (Å²) in [7, 11) is 0. The van der Waals surface area contributed by atoms with Gasteiger partial charge in [-0.2, -0.15) is 0 Å². The van der Waals surface area contributed by atoms with Crippen molar-refractivity contribution in [2.75, 3.05) is 5.75 Å². The number of hydrogen-bond donors (Lipinski definition) is 0. The fourth-order valence-corrected chi connectivity index (χ4v) is 4.33. The van der Waals surface area contributed by atoms with Crippen molar-refractivity contribution in [3.8, 4) is 0 Å². The Hall–Kier alpha value is -2.14. The molecular weight excluding hydrogens is 330 g/mol. The van der Waals surface area contributed by atoms with Crippen LogP contribution in [0.4, 0.5) is 0 Å². The summed E-state index contributed by atoms with van der Waals surface area (Å²) in [4.78, 5) is 12.5. The van der Waals surface area contributed by atoms with Crippen LogP contribution in [0.2, 0.25) is 0 Å². The Morgan fingerprint density at radius 1 is 1.04 bits per heavy atom. The first kappa shape index (κ1) is 16.3. The number of ketones is 1. The standard InChI is InChI=1S/C20H21N3OS/c24-18(14-25-20-22-21-19-8-4-5-13-23(19)20)17-11-9-16(10-12-17)15-6-2-1-3-7-15/h4-5,8-13,15H,1-3,6-7,14H2. The molecule has 2 heterocycles. The van der Waals surface area contributed by atoms with Crippen molar-refractivity contribution < 1.29 is 4.79 Å². The van der Waals surface area contributed by atoms with E-state index in [1.807, 2.05) is 40.9 Å². The Morgan fingerprint density at radius 3 is 2.64 bits per heavy atom. The van der Waals surface area contributed by atoms with Crippen molar-refractivity contribution in [3.63, 3.8) is 0 Å². The van der Waals surface area contributed by atoms with Gasteiger partial charge in [0.05, 0.1) is 5.75 Å². The summed E-state index contributed by atoms with van der Waals surface area (Å²) in [6.07, 6.45) is 8.50. The summed E-state index contributed by atoms with van der Waals surface area (Å²) in [5.74, 6) is 1.18. The maximum absolute atomic E-state index is 12.5. The molecule has 1 aromatic carbocycles. The number of aromatic nitrogens is 3. The fourth-order valence-electron chi connectivity index (χ4n) is 3.51. The number of pyridine rings is 1. The van der Waals surface area contributed by atoms with E-state index in [1.165, 1.54) is 49.4 Å². The van der Waals surface area contributed by atoms with E-state index >= 15 is 0 Å². The van der Waals surface area contributed by atoms with Gasteiger partial charge in [-0.25, -0.2) is 0 Å². The lowest BCUT2D eigenvalue weighted by Crippen LogP contribution is -2.06. The van der Waals surface area contributed by atoms with Crippen LogP contribution < -0.4 is 0 Å². The molecule has 1 aliphatic rings. The van der Waals surface area contributed by atoms with Gasteiger partial charge >= 0.3 is 0 Å². The van der Waals surface area contributed by atoms with E-state index in [9.17, 15) is 4.79 Å². The van der Waals surface area contributed by atoms with Crippen molar-refractivity contribution in [1.29, 1.82) is 0 Å². The van der Waals surface area contributed by atoms with Crippen LogP contribution in [-0.4, -0.2) is 26.1 Å². The molecule has 25 heavy (non-hydrogen) atoms. The first-order valence-corrected chi connectivity index (χ1v) is 9.85. The molecule has 0 aliphatic heterocycles. The minimum Gasteiger partial charge on any atom is -0.293 e. The van der Waals surface area contributed by atoms with E-state index in [1.54, 1.807) is 0 Å². The zero-order valence-electron chi connectivity index (χ0n) is 14.1. The van der Waals surface area contributed by atoms with Crippen LogP contribution in [0, 0.1) is 0 Å². The first-order valence-electron chi connectivity index (χ1n) is 8.87. The highest BCUT2D eigenvalue weighted by Gasteiger charge is 2.16. The molecule has 128 valence electrons. The minimum absolute atomic E-state index is 0.132. The Kier molecular flexibility index (Phi) is 4.83. The van der Waals surface area contributed by atoms with Crippen LogP contribution in [0.25, 0.3) is 5.65 Å². The van der Waals surface area contributed by atoms with Crippen LogP contribution in [0.15, 0.2) is 53.8 Å². The topological polar surface area (TPSA) is 47.3 Å². The van der Waals surface area contributed by atoms with E-state index in [0.29, 0.717) is 11.7 Å². The van der Waals surface area contributed by atoms with Gasteiger partial charge in [0.1, 0.15) is 0 Å². The lowest BCUT2D eigenvalue weighted by atomic mass is 9.84. The van der Waals surface area contributed by atoms with E-state index < -0.39 is 0 Å². The summed E-state index contributed by atoms with van der Waals surface area (Å²) >= 11 is 1.43. The summed E-state index contributed by atoms with van der Waals surface area (Å²) in [6, 6.07) is 14.0. The molecule has 4 nitrogen and oxygen atoms in total. The van der Waals surface area contributed by atoms with E-state index in [2.05, 4.69) is 22.3 Å². The van der Waals surface area contributed by atoms with E-state index in [0.717, 1.165) is 16.4 Å². The van der Waals surface area contributed by atoms with Crippen LogP contribution in [0.1, 0.15) is 53.9 Å². The second kappa shape index (κ2) is 7.40. The van der Waals surface area contributed by atoms with Crippen LogP contribution in [0.5, 0.6) is 0 Å². The fraction of sp³-hybridized carbons (Fsp3) is 0.350. The van der Waals surface area contributed by atoms with Gasteiger partial charge in [-0.3, -0.25) is 9.20 Å². The molecule has 0 saturated heterocycles. The second-order valence-corrected chi connectivity index (χ2v) is 7.52. The van der Waals surface area contributed by atoms with Crippen molar-refractivity contribution in [2.45, 2.75) is 43.2 Å². The Labute approximate surface area is 151 Å². The highest BCUT2D eigenvalue weighted by Crippen LogP contribution is 2.32. The molecule has 5 heteroatoms. The number of benzene rings is 1. The normalized spacial score (nSPS) is 15.5. The number of carbonyl (C=O) groups excluding carboxylic acids is 1. The quantitative estimate of drug-likeness (QED) is 0.491. The van der Waals surface area contributed by atoms with E-state index in [4.69, 9.17) is 0 Å². The average Bonchev–Trinajstić information content (AvgIpc) is 3.10. The average molecular weight is 351 g/mol. The zero-order chi connectivity index (χ0) is 17.1. The Balaban J connectivity index is 1.40. The molecule has 0 spiro atoms. The van der Waals surface area contributed by atoms with Crippen LogP contribution in [-0.2, 0) is 0 Å². The van der Waals surface area contributed by atoms with Crippen molar-refractivity contribution >= 4 is 23.2 Å². The maximum atomic E-state index is 12.5. The number of carbonyl (C=O) groups is 1. The minimum atomic E-state index is 0.132. The Bertz CT molecular complexity index is 866. The van der Waals surface area contributed by atoms with Gasteiger partial charge in [0, 0.05) is 11.8 Å². The predicted octanol–water partition coefficient (Wildman–Crippen LogP) is 4.75. The second-order valence-electron chi connectivity index (χ2n) is 6.58. The highest BCUT2D eigenvalue weighted by molar-refractivity contribution is 7.99. The third kappa shape index (κ3) is 3.61. The number of nitrogens with zero attached hydrogens (tertiary/aromatic N) is 3. The molecule has 1 saturated carbocycles. The molecule has 0 radical (unpaired) electrons. The number of thioether (sulfide) groups is 1. The predicted molar refractivity (Wildman–Crippen MR) is 100 cm³/mol. The number of fused-ring (bicyclic) bond motifs is 1. The zero-order valence-corrected chi connectivity index (χ0v) is 14.9. The third-order valence-corrected chi connectivity index (χ3v) is 5.87. The first-order chi connectivity index (χ1) is 12.3. The molecule has 0 unspecified atom stereocenters. The van der Waals surface area contributed by atoms with Gasteiger partial charge in [0.15, 0.2) is 16.6 Å². The van der Waals surface area contributed by atoms with Gasteiger partial charge in [-0.15, -0.1) is 10.2 Å². The lowest BCUT2D eigenvalue weighted by Gasteiger charge is -2.22. The molecule has 0 bridgehead atoms. The molecule has 0 atom stereocenters. The van der Waals surface area contributed by atoms with Crippen molar-refractivity contribution in [1.82, 2.24) is 14.6 Å². The summed E-state index contributed by atoms with van der Waals surface area (Å²) in [5, 5.41) is 9.03. The molecule has 1 aliphatic carbocycles. The third-order valence-electron chi connectivity index (χ3n) is 4.92. The number of Topliss-reactive ketones (excluding diaryl/α,β-unsaturated/α-hetero) is 1. The van der Waals surface area contributed by atoms with Gasteiger partial charge in [0.25, 0.3) is 0 Å². The summed E-state index contributed by atoms with van der Waals surface area (Å²) in [6.45, 7) is 0. The number of rotatable bonds is 5. The number of hydrogen-bond acceptors (Lipinski definition) is 4. The molecular formula is C20H21N3OS. The van der Waals surface area contributed by atoms with Gasteiger partial charge in [-0.1, -0.05) is 61.4 Å². The van der Waals surface area contributed by atoms with Crippen molar-refractivity contribution in [3.05, 3.63) is 59.8 Å². The monoisotopic (exact) mass is 351 g/mol. The van der Waals surface area contributed by atoms with Crippen molar-refractivity contribution in [2.24, 2.45) is 0 Å². The SMILES string of the molecule is O=C(CSc1nnc2ccccn12)c1ccc(C2CCCCC2)cc1. The largest absolute Gasteiger partial charge is 0.293 e. The smallest absolute Gasteiger partial charge is 0.196 e. The van der Waals surface area contributed by atoms with E-state index in [-0.39, 0.29) is 5.78 Å². The molecule has 0 amide bonds. The summed E-state index contributed by atoms with van der Waals surface area (Å²) < 4.78 is 1.91. The summed E-state index contributed by atoms with van der Waals surface area (Å²) in [5.41, 5.74) is 2.96. The van der Waals surface area contributed by atoms with Gasteiger partial charge < -0.3 is 0 Å². The maximum Gasteiger partial charge on any atom is 0.196 e. The Morgan fingerprint density at radius 2 is 1.84 bits per heavy atom. The van der Waals surface area contributed by atoms with Gasteiger partial charge in [0.2, 0.25) is 0 Å². The van der Waals surface area contributed by atoms with Crippen LogP contribution >= 0.6 is 11.8 Å². The van der Waals surface area contributed by atoms with Gasteiger partial charge in [-0.05, 0) is 36.5 Å². The molecule has 1 fully saturated rings. The lowest BCUT2D eigenvalue weighted by molar-refractivity contribution is 0.102. The molecule has 0 N–H and O–H groups in total. The van der Waals surface area contributed by atoms with Crippen LogP contribution in [0.3, 0.4) is 0 Å².